The predicted molar refractivity (Wildman–Crippen MR) is 68.0 cm³/mol. The zero-order chi connectivity index (χ0) is 12.8. The molecule has 18 heavy (non-hydrogen) atoms. The molecule has 4 fully saturated rings. The molecule has 4 aliphatic rings. The monoisotopic (exact) mass is 252 g/mol. The second kappa shape index (κ2) is 4.52. The average molecular weight is 252 g/mol. The number of rotatable bonds is 4. The molecule has 0 radical (unpaired) electrons. The van der Waals surface area contributed by atoms with E-state index in [0.717, 1.165) is 5.92 Å². The van der Waals surface area contributed by atoms with E-state index in [0.29, 0.717) is 23.4 Å². The van der Waals surface area contributed by atoms with Crippen LogP contribution >= 0.6 is 0 Å². The first-order chi connectivity index (χ1) is 8.65. The second-order valence-corrected chi connectivity index (χ2v) is 6.68. The maximum absolute atomic E-state index is 11.2. The lowest BCUT2D eigenvalue weighted by Crippen LogP contribution is -2.54. The summed E-state index contributed by atoms with van der Waals surface area (Å²) in [7, 11) is 1.43. The van der Waals surface area contributed by atoms with Crippen molar-refractivity contribution in [3.05, 3.63) is 0 Å². The van der Waals surface area contributed by atoms with Gasteiger partial charge in [0.05, 0.1) is 13.2 Å². The molecule has 3 heteroatoms. The van der Waals surface area contributed by atoms with E-state index in [1.807, 2.05) is 0 Å². The maximum Gasteiger partial charge on any atom is 0.331 e. The third kappa shape index (κ3) is 1.97. The van der Waals surface area contributed by atoms with Gasteiger partial charge in [0.1, 0.15) is 6.61 Å². The van der Waals surface area contributed by atoms with Crippen molar-refractivity contribution >= 4 is 5.97 Å². The van der Waals surface area contributed by atoms with Gasteiger partial charge >= 0.3 is 5.97 Å². The van der Waals surface area contributed by atoms with Crippen molar-refractivity contribution in [1.82, 2.24) is 0 Å². The lowest BCUT2D eigenvalue weighted by molar-refractivity contribution is -0.174. The Hall–Kier alpha value is -0.570. The molecule has 3 nitrogen and oxygen atoms in total. The number of esters is 1. The maximum atomic E-state index is 11.2. The van der Waals surface area contributed by atoms with Gasteiger partial charge in [-0.1, -0.05) is 13.3 Å². The normalized spacial score (nSPS) is 45.2. The summed E-state index contributed by atoms with van der Waals surface area (Å²) >= 11 is 0. The van der Waals surface area contributed by atoms with Crippen molar-refractivity contribution in [2.75, 3.05) is 13.7 Å². The third-order valence-electron chi connectivity index (χ3n) is 5.68. The molecule has 4 bridgehead atoms. The first-order valence-corrected chi connectivity index (χ1v) is 7.34. The van der Waals surface area contributed by atoms with Crippen molar-refractivity contribution in [1.29, 1.82) is 0 Å². The van der Waals surface area contributed by atoms with Crippen LogP contribution in [0.1, 0.15) is 45.4 Å². The van der Waals surface area contributed by atoms with E-state index in [1.54, 1.807) is 0 Å². The fourth-order valence-corrected chi connectivity index (χ4v) is 5.07. The van der Waals surface area contributed by atoms with E-state index >= 15 is 0 Å². The van der Waals surface area contributed by atoms with Crippen LogP contribution in [0.25, 0.3) is 0 Å². The van der Waals surface area contributed by atoms with E-state index in [2.05, 4.69) is 11.7 Å². The van der Waals surface area contributed by atoms with Gasteiger partial charge in [0, 0.05) is 0 Å². The van der Waals surface area contributed by atoms with Gasteiger partial charge in [-0.25, -0.2) is 4.79 Å². The van der Waals surface area contributed by atoms with Crippen LogP contribution in [-0.4, -0.2) is 25.8 Å². The third-order valence-corrected chi connectivity index (χ3v) is 5.68. The first-order valence-electron chi connectivity index (χ1n) is 7.34. The lowest BCUT2D eigenvalue weighted by atomic mass is 9.48. The molecular weight excluding hydrogens is 228 g/mol. The fourth-order valence-electron chi connectivity index (χ4n) is 5.07. The van der Waals surface area contributed by atoms with Crippen molar-refractivity contribution < 1.29 is 14.3 Å². The standard InChI is InChI=1S/C15H24O3/c1-3-15-6-10-4-11(7-15)14(12(5-10)8-15)18-9-13(16)17-2/h10-12,14H,3-9H2,1-2H3. The zero-order valence-corrected chi connectivity index (χ0v) is 11.5. The Bertz CT molecular complexity index is 323. The number of carbonyl (C=O) groups is 1. The molecule has 2 atom stereocenters. The summed E-state index contributed by atoms with van der Waals surface area (Å²) in [4.78, 5) is 11.2. The molecule has 4 aliphatic carbocycles. The number of methoxy groups -OCH3 is 1. The van der Waals surface area contributed by atoms with Crippen LogP contribution in [0.4, 0.5) is 0 Å². The Morgan fingerprint density at radius 3 is 2.44 bits per heavy atom. The van der Waals surface area contributed by atoms with Gasteiger partial charge in [0.2, 0.25) is 0 Å². The van der Waals surface area contributed by atoms with Crippen LogP contribution < -0.4 is 0 Å². The molecule has 102 valence electrons. The van der Waals surface area contributed by atoms with Crippen LogP contribution in [0.5, 0.6) is 0 Å². The van der Waals surface area contributed by atoms with Gasteiger partial charge in [0.15, 0.2) is 0 Å². The zero-order valence-electron chi connectivity index (χ0n) is 11.5. The van der Waals surface area contributed by atoms with Gasteiger partial charge < -0.3 is 9.47 Å². The summed E-state index contributed by atoms with van der Waals surface area (Å²) in [6.07, 6.45) is 8.37. The Morgan fingerprint density at radius 2 is 1.89 bits per heavy atom. The Morgan fingerprint density at radius 1 is 1.22 bits per heavy atom. The highest BCUT2D eigenvalue weighted by Gasteiger charge is 2.54. The summed E-state index contributed by atoms with van der Waals surface area (Å²) in [5.74, 6) is 2.08. The molecule has 0 aliphatic heterocycles. The molecule has 0 aromatic rings. The Kier molecular flexibility index (Phi) is 3.13. The minimum absolute atomic E-state index is 0.137. The van der Waals surface area contributed by atoms with Crippen molar-refractivity contribution in [2.45, 2.75) is 51.6 Å². The quantitative estimate of drug-likeness (QED) is 0.722. The smallest absolute Gasteiger partial charge is 0.331 e. The summed E-state index contributed by atoms with van der Waals surface area (Å²) in [5.41, 5.74) is 0.613. The Labute approximate surface area is 109 Å². The van der Waals surface area contributed by atoms with Crippen LogP contribution in [0.2, 0.25) is 0 Å². The Balaban J connectivity index is 1.67. The van der Waals surface area contributed by atoms with Crippen LogP contribution in [0.3, 0.4) is 0 Å². The highest BCUT2D eigenvalue weighted by molar-refractivity contribution is 5.70. The highest BCUT2D eigenvalue weighted by atomic mass is 16.6. The number of ether oxygens (including phenoxy) is 2. The molecule has 0 spiro atoms. The molecular formula is C15H24O3. The van der Waals surface area contributed by atoms with Crippen LogP contribution in [0.15, 0.2) is 0 Å². The number of hydrogen-bond donors (Lipinski definition) is 0. The molecule has 4 rings (SSSR count). The first kappa shape index (κ1) is 12.5. The highest BCUT2D eigenvalue weighted by Crippen LogP contribution is 2.61. The minimum Gasteiger partial charge on any atom is -0.467 e. The predicted octanol–water partition coefficient (Wildman–Crippen LogP) is 2.78. The molecule has 2 unspecified atom stereocenters. The number of carbonyl (C=O) groups excluding carboxylic acids is 1. The van der Waals surface area contributed by atoms with Gasteiger partial charge in [-0.2, -0.15) is 0 Å². The van der Waals surface area contributed by atoms with E-state index in [4.69, 9.17) is 4.74 Å². The molecule has 0 N–H and O–H groups in total. The molecule has 0 amide bonds. The van der Waals surface area contributed by atoms with E-state index in [1.165, 1.54) is 45.6 Å². The average Bonchev–Trinajstić information content (AvgIpc) is 2.37. The van der Waals surface area contributed by atoms with Crippen molar-refractivity contribution in [3.63, 3.8) is 0 Å². The SMILES string of the molecule is CCC12CC3CC(C1)C(OCC(=O)OC)C(C3)C2. The molecule has 0 aromatic heterocycles. The van der Waals surface area contributed by atoms with E-state index in [-0.39, 0.29) is 12.6 Å². The van der Waals surface area contributed by atoms with Crippen molar-refractivity contribution in [2.24, 2.45) is 23.2 Å². The fraction of sp³-hybridized carbons (Fsp3) is 0.933. The summed E-state index contributed by atoms with van der Waals surface area (Å²) in [5, 5.41) is 0. The van der Waals surface area contributed by atoms with E-state index in [9.17, 15) is 4.79 Å². The lowest BCUT2D eigenvalue weighted by Gasteiger charge is -2.59. The van der Waals surface area contributed by atoms with Gasteiger partial charge in [-0.15, -0.1) is 0 Å². The summed E-state index contributed by atoms with van der Waals surface area (Å²) in [6.45, 7) is 2.48. The van der Waals surface area contributed by atoms with Crippen molar-refractivity contribution in [3.8, 4) is 0 Å². The van der Waals surface area contributed by atoms with Gasteiger partial charge in [0.25, 0.3) is 0 Å². The summed E-state index contributed by atoms with van der Waals surface area (Å²) in [6, 6.07) is 0. The van der Waals surface area contributed by atoms with Gasteiger partial charge in [-0.3, -0.25) is 0 Å². The molecule has 0 saturated heterocycles. The molecule has 0 heterocycles. The number of hydrogen-bond acceptors (Lipinski definition) is 3. The molecule has 4 saturated carbocycles. The second-order valence-electron chi connectivity index (χ2n) is 6.68. The topological polar surface area (TPSA) is 35.5 Å². The minimum atomic E-state index is -0.242. The largest absolute Gasteiger partial charge is 0.467 e. The van der Waals surface area contributed by atoms with E-state index < -0.39 is 0 Å². The van der Waals surface area contributed by atoms with Crippen LogP contribution in [-0.2, 0) is 14.3 Å². The van der Waals surface area contributed by atoms with Crippen LogP contribution in [0, 0.1) is 23.2 Å². The van der Waals surface area contributed by atoms with Gasteiger partial charge in [-0.05, 0) is 55.3 Å². The molecule has 0 aromatic carbocycles. The summed E-state index contributed by atoms with van der Waals surface area (Å²) < 4.78 is 10.6.